The predicted molar refractivity (Wildman–Crippen MR) is 144 cm³/mol. The number of hydrogen-bond donors (Lipinski definition) is 0. The Hall–Kier alpha value is -3.02. The lowest BCUT2D eigenvalue weighted by Crippen LogP contribution is -2.39. The van der Waals surface area contributed by atoms with Crippen LogP contribution in [0.5, 0.6) is 0 Å². The molecule has 3 aromatic rings. The van der Waals surface area contributed by atoms with Gasteiger partial charge >= 0.3 is 0 Å². The number of rotatable bonds is 4. The lowest BCUT2D eigenvalue weighted by atomic mass is 9.90. The van der Waals surface area contributed by atoms with Gasteiger partial charge in [0, 0.05) is 35.6 Å². The quantitative estimate of drug-likeness (QED) is 0.380. The highest BCUT2D eigenvalue weighted by molar-refractivity contribution is 8.04. The molecular formula is C29H27ClN2O2S. The Morgan fingerprint density at radius 3 is 2.54 bits per heavy atom. The van der Waals surface area contributed by atoms with E-state index in [1.165, 1.54) is 17.3 Å². The number of piperidine rings is 1. The fourth-order valence-corrected chi connectivity index (χ4v) is 6.04. The fraction of sp³-hybridized carbons (Fsp3) is 0.241. The Labute approximate surface area is 215 Å². The van der Waals surface area contributed by atoms with Crippen LogP contribution in [0.3, 0.4) is 0 Å². The van der Waals surface area contributed by atoms with E-state index in [1.807, 2.05) is 59.5 Å². The average Bonchev–Trinajstić information content (AvgIpc) is 2.88. The number of likely N-dealkylation sites (N-methyl/N-ethyl adjacent to an activating group) is 1. The minimum absolute atomic E-state index is 0.0390. The van der Waals surface area contributed by atoms with Crippen LogP contribution in [0.15, 0.2) is 82.6 Å². The number of fused-ring (bicyclic) bond motifs is 1. The van der Waals surface area contributed by atoms with Crippen LogP contribution in [0.1, 0.15) is 34.3 Å². The van der Waals surface area contributed by atoms with E-state index in [0.717, 1.165) is 48.5 Å². The van der Waals surface area contributed by atoms with Gasteiger partial charge < -0.3 is 9.80 Å². The third-order valence-electron chi connectivity index (χ3n) is 6.72. The van der Waals surface area contributed by atoms with Gasteiger partial charge in [0.2, 0.25) is 0 Å². The summed E-state index contributed by atoms with van der Waals surface area (Å²) in [5, 5.41) is 0.633. The van der Waals surface area contributed by atoms with Crippen LogP contribution in [0.4, 0.5) is 5.69 Å². The van der Waals surface area contributed by atoms with Gasteiger partial charge in [-0.3, -0.25) is 9.59 Å². The van der Waals surface area contributed by atoms with Gasteiger partial charge in [0.05, 0.1) is 10.6 Å². The van der Waals surface area contributed by atoms with Crippen molar-refractivity contribution in [3.63, 3.8) is 0 Å². The molecule has 2 heterocycles. The molecule has 35 heavy (non-hydrogen) atoms. The first-order chi connectivity index (χ1) is 17.0. The molecule has 0 saturated carbocycles. The number of likely N-dealkylation sites (tertiary alicyclic amines) is 1. The van der Waals surface area contributed by atoms with Gasteiger partial charge in [0.15, 0.2) is 0 Å². The third-order valence-corrected chi connectivity index (χ3v) is 8.03. The highest BCUT2D eigenvalue weighted by Crippen LogP contribution is 2.42. The summed E-state index contributed by atoms with van der Waals surface area (Å²) in [6.07, 6.45) is 4.95. The molecule has 1 fully saturated rings. The summed E-state index contributed by atoms with van der Waals surface area (Å²) in [6.45, 7) is 1.53. The summed E-state index contributed by atoms with van der Waals surface area (Å²) in [5.74, 6) is 0.556. The van der Waals surface area contributed by atoms with Crippen molar-refractivity contribution in [2.45, 2.75) is 24.2 Å². The minimum Gasteiger partial charge on any atom is -0.339 e. The molecule has 0 atom stereocenters. The molecule has 6 heteroatoms. The molecule has 1 saturated heterocycles. The Morgan fingerprint density at radius 2 is 1.80 bits per heavy atom. The van der Waals surface area contributed by atoms with Crippen molar-refractivity contribution in [1.82, 2.24) is 4.90 Å². The first kappa shape index (κ1) is 23.7. The highest BCUT2D eigenvalue weighted by atomic mass is 35.5. The molecule has 4 nitrogen and oxygen atoms in total. The van der Waals surface area contributed by atoms with E-state index in [-0.39, 0.29) is 11.8 Å². The van der Waals surface area contributed by atoms with Crippen LogP contribution < -0.4 is 4.90 Å². The van der Waals surface area contributed by atoms with E-state index in [1.54, 1.807) is 11.9 Å². The Morgan fingerprint density at radius 1 is 1.03 bits per heavy atom. The molecule has 2 amide bonds. The molecule has 2 aliphatic heterocycles. The Balaban J connectivity index is 1.28. The van der Waals surface area contributed by atoms with Gasteiger partial charge in [0.25, 0.3) is 11.8 Å². The zero-order chi connectivity index (χ0) is 24.4. The lowest BCUT2D eigenvalue weighted by Gasteiger charge is -2.33. The second-order valence-electron chi connectivity index (χ2n) is 9.14. The number of benzene rings is 3. The molecule has 0 N–H and O–H groups in total. The first-order valence-electron chi connectivity index (χ1n) is 11.9. The molecule has 2 aliphatic rings. The molecule has 0 aromatic heterocycles. The van der Waals surface area contributed by atoms with E-state index < -0.39 is 0 Å². The SMILES string of the molecule is CN1C(=O)/C(=C/c2cccc(Cl)c2)Sc2ccc(C(=O)N3CCC(Cc4ccccc4)CC3)cc21. The van der Waals surface area contributed by atoms with Crippen LogP contribution in [0.25, 0.3) is 6.08 Å². The van der Waals surface area contributed by atoms with Crippen molar-refractivity contribution in [2.75, 3.05) is 25.0 Å². The summed E-state index contributed by atoms with van der Waals surface area (Å²) >= 11 is 7.53. The molecular weight excluding hydrogens is 476 g/mol. The number of nitrogens with zero attached hydrogens (tertiary/aromatic N) is 2. The molecule has 5 rings (SSSR count). The fourth-order valence-electron chi connectivity index (χ4n) is 4.74. The monoisotopic (exact) mass is 502 g/mol. The van der Waals surface area contributed by atoms with Gasteiger partial charge in [-0.1, -0.05) is 65.8 Å². The van der Waals surface area contributed by atoms with E-state index >= 15 is 0 Å². The van der Waals surface area contributed by atoms with Crippen molar-refractivity contribution >= 4 is 46.9 Å². The van der Waals surface area contributed by atoms with Crippen LogP contribution in [0.2, 0.25) is 5.02 Å². The van der Waals surface area contributed by atoms with Gasteiger partial charge in [-0.15, -0.1) is 0 Å². The maximum atomic E-state index is 13.3. The van der Waals surface area contributed by atoms with Gasteiger partial charge in [0.1, 0.15) is 0 Å². The van der Waals surface area contributed by atoms with Crippen LogP contribution in [-0.4, -0.2) is 36.9 Å². The topological polar surface area (TPSA) is 40.6 Å². The number of hydrogen-bond acceptors (Lipinski definition) is 3. The van der Waals surface area contributed by atoms with Crippen LogP contribution >= 0.6 is 23.4 Å². The number of carbonyl (C=O) groups is 2. The van der Waals surface area contributed by atoms with Gasteiger partial charge in [-0.2, -0.15) is 0 Å². The minimum atomic E-state index is -0.0891. The summed E-state index contributed by atoms with van der Waals surface area (Å²) in [4.78, 5) is 31.5. The number of halogens is 1. The number of amides is 2. The van der Waals surface area contributed by atoms with Crippen LogP contribution in [-0.2, 0) is 11.2 Å². The summed E-state index contributed by atoms with van der Waals surface area (Å²) < 4.78 is 0. The Bertz CT molecular complexity index is 1280. The van der Waals surface area contributed by atoms with Gasteiger partial charge in [-0.05, 0) is 72.7 Å². The first-order valence-corrected chi connectivity index (χ1v) is 13.1. The van der Waals surface area contributed by atoms with Crippen molar-refractivity contribution < 1.29 is 9.59 Å². The number of carbonyl (C=O) groups excluding carboxylic acids is 2. The predicted octanol–water partition coefficient (Wildman–Crippen LogP) is 6.54. The summed E-state index contributed by atoms with van der Waals surface area (Å²) in [6, 6.07) is 23.7. The molecule has 0 radical (unpaired) electrons. The zero-order valence-corrected chi connectivity index (χ0v) is 21.2. The standard InChI is InChI=1S/C29H27ClN2O2S/c1-31-25-19-23(28(33)32-14-12-21(13-15-32)16-20-6-3-2-4-7-20)10-11-26(25)35-27(29(31)34)18-22-8-5-9-24(30)17-22/h2-11,17-19,21H,12-16H2,1H3/b27-18-. The Kier molecular flexibility index (Phi) is 6.98. The highest BCUT2D eigenvalue weighted by Gasteiger charge is 2.29. The van der Waals surface area contributed by atoms with E-state index in [2.05, 4.69) is 24.3 Å². The van der Waals surface area contributed by atoms with E-state index in [9.17, 15) is 9.59 Å². The maximum absolute atomic E-state index is 13.3. The van der Waals surface area contributed by atoms with Gasteiger partial charge in [-0.25, -0.2) is 0 Å². The van der Waals surface area contributed by atoms with E-state index in [0.29, 0.717) is 21.4 Å². The second-order valence-corrected chi connectivity index (χ2v) is 10.7. The van der Waals surface area contributed by atoms with Crippen molar-refractivity contribution in [1.29, 1.82) is 0 Å². The molecule has 3 aromatic carbocycles. The molecule has 0 spiro atoms. The molecule has 178 valence electrons. The third kappa shape index (κ3) is 5.31. The zero-order valence-electron chi connectivity index (χ0n) is 19.6. The van der Waals surface area contributed by atoms with Crippen molar-refractivity contribution in [3.05, 3.63) is 99.4 Å². The van der Waals surface area contributed by atoms with E-state index in [4.69, 9.17) is 11.6 Å². The maximum Gasteiger partial charge on any atom is 0.264 e. The number of anilines is 1. The second kappa shape index (κ2) is 10.3. The molecule has 0 bridgehead atoms. The summed E-state index contributed by atoms with van der Waals surface area (Å²) in [7, 11) is 1.76. The van der Waals surface area contributed by atoms with Crippen LogP contribution in [0, 0.1) is 5.92 Å². The summed E-state index contributed by atoms with van der Waals surface area (Å²) in [5.41, 5.74) is 3.65. The molecule has 0 aliphatic carbocycles. The molecule has 0 unspecified atom stereocenters. The largest absolute Gasteiger partial charge is 0.339 e. The van der Waals surface area contributed by atoms with Crippen molar-refractivity contribution in [3.8, 4) is 0 Å². The average molecular weight is 503 g/mol. The van der Waals surface area contributed by atoms with Crippen molar-refractivity contribution in [2.24, 2.45) is 5.92 Å². The number of thioether (sulfide) groups is 1. The normalized spacial score (nSPS) is 17.5. The lowest BCUT2D eigenvalue weighted by molar-refractivity contribution is -0.114. The smallest absolute Gasteiger partial charge is 0.264 e.